The molecule has 3 N–H and O–H groups in total. The number of anilines is 2. The van der Waals surface area contributed by atoms with Crippen molar-refractivity contribution in [3.8, 4) is 0 Å². The summed E-state index contributed by atoms with van der Waals surface area (Å²) in [5, 5.41) is 3.32. The highest BCUT2D eigenvalue weighted by atomic mass is 15.1. The van der Waals surface area contributed by atoms with Crippen LogP contribution in [0.5, 0.6) is 0 Å². The second-order valence-electron chi connectivity index (χ2n) is 3.72. The summed E-state index contributed by atoms with van der Waals surface area (Å²) in [4.78, 5) is 7.91. The quantitative estimate of drug-likeness (QED) is 0.715. The molecule has 4 nitrogen and oxygen atoms in total. The van der Waals surface area contributed by atoms with E-state index in [4.69, 9.17) is 5.73 Å². The molecule has 0 aliphatic heterocycles. The number of hydrogen-bond donors (Lipinski definition) is 2. The number of nitrogens with one attached hydrogen (secondary N) is 1. The highest BCUT2D eigenvalue weighted by Crippen LogP contribution is 2.28. The molecule has 1 heterocycles. The van der Waals surface area contributed by atoms with E-state index >= 15 is 0 Å². The topological polar surface area (TPSA) is 63.8 Å². The summed E-state index contributed by atoms with van der Waals surface area (Å²) in [6.45, 7) is 2.26. The Bertz CT molecular complexity index is 293. The fourth-order valence-corrected chi connectivity index (χ4v) is 1.68. The van der Waals surface area contributed by atoms with Crippen molar-refractivity contribution in [3.05, 3.63) is 12.3 Å². The summed E-state index contributed by atoms with van der Waals surface area (Å²) >= 11 is 0. The van der Waals surface area contributed by atoms with E-state index in [1.54, 1.807) is 6.20 Å². The number of nitrogens with zero attached hydrogens (tertiary/aromatic N) is 2. The van der Waals surface area contributed by atoms with E-state index in [2.05, 4.69) is 22.2 Å². The number of nitrogens with two attached hydrogens (primary N) is 1. The molecule has 0 radical (unpaired) electrons. The first kappa shape index (κ1) is 8.29. The Morgan fingerprint density at radius 1 is 1.54 bits per heavy atom. The SMILES string of the molecule is CC1CC(Nc2ccnc(N)n2)C1. The Kier molecular flexibility index (Phi) is 2.04. The summed E-state index contributed by atoms with van der Waals surface area (Å²) in [5.41, 5.74) is 5.46. The van der Waals surface area contributed by atoms with Crippen LogP contribution in [0, 0.1) is 5.92 Å². The zero-order valence-electron chi connectivity index (χ0n) is 7.70. The molecule has 70 valence electrons. The van der Waals surface area contributed by atoms with Gasteiger partial charge in [-0.25, -0.2) is 4.98 Å². The predicted octanol–water partition coefficient (Wildman–Crippen LogP) is 1.27. The zero-order valence-corrected chi connectivity index (χ0v) is 7.70. The Hall–Kier alpha value is -1.32. The maximum Gasteiger partial charge on any atom is 0.221 e. The molecule has 1 aliphatic carbocycles. The van der Waals surface area contributed by atoms with Crippen LogP contribution in [-0.2, 0) is 0 Å². The van der Waals surface area contributed by atoms with Crippen LogP contribution >= 0.6 is 0 Å². The van der Waals surface area contributed by atoms with Gasteiger partial charge in [0.1, 0.15) is 5.82 Å². The van der Waals surface area contributed by atoms with Crippen LogP contribution in [0.2, 0.25) is 0 Å². The average Bonchev–Trinajstić information content (AvgIpc) is 2.01. The summed E-state index contributed by atoms with van der Waals surface area (Å²) in [6, 6.07) is 2.42. The minimum atomic E-state index is 0.331. The molecule has 13 heavy (non-hydrogen) atoms. The molecule has 0 amide bonds. The standard InChI is InChI=1S/C9H14N4/c1-6-4-7(5-6)12-8-2-3-11-9(10)13-8/h2-3,6-7H,4-5H2,1H3,(H3,10,11,12,13). The molecule has 0 spiro atoms. The molecule has 1 aromatic heterocycles. The Balaban J connectivity index is 1.94. The van der Waals surface area contributed by atoms with Gasteiger partial charge in [0.25, 0.3) is 0 Å². The van der Waals surface area contributed by atoms with E-state index in [1.165, 1.54) is 12.8 Å². The Morgan fingerprint density at radius 2 is 2.31 bits per heavy atom. The predicted molar refractivity (Wildman–Crippen MR) is 52.3 cm³/mol. The number of rotatable bonds is 2. The van der Waals surface area contributed by atoms with Crippen LogP contribution < -0.4 is 11.1 Å². The van der Waals surface area contributed by atoms with Crippen LogP contribution in [0.1, 0.15) is 19.8 Å². The van der Waals surface area contributed by atoms with Gasteiger partial charge in [-0.1, -0.05) is 6.92 Å². The average molecular weight is 178 g/mol. The Labute approximate surface area is 77.6 Å². The fourth-order valence-electron chi connectivity index (χ4n) is 1.68. The maximum absolute atomic E-state index is 5.46. The highest BCUT2D eigenvalue weighted by Gasteiger charge is 2.25. The first-order valence-corrected chi connectivity index (χ1v) is 4.59. The molecular weight excluding hydrogens is 164 g/mol. The Morgan fingerprint density at radius 3 is 2.92 bits per heavy atom. The molecule has 0 bridgehead atoms. The van der Waals surface area contributed by atoms with Crippen LogP contribution in [0.3, 0.4) is 0 Å². The molecule has 1 saturated carbocycles. The van der Waals surface area contributed by atoms with Gasteiger partial charge in [0.05, 0.1) is 0 Å². The number of hydrogen-bond acceptors (Lipinski definition) is 4. The molecule has 0 saturated heterocycles. The van der Waals surface area contributed by atoms with Crippen molar-refractivity contribution in [2.45, 2.75) is 25.8 Å². The molecule has 1 fully saturated rings. The molecule has 1 aromatic rings. The molecule has 4 heteroatoms. The van der Waals surface area contributed by atoms with E-state index < -0.39 is 0 Å². The monoisotopic (exact) mass is 178 g/mol. The first-order valence-electron chi connectivity index (χ1n) is 4.59. The van der Waals surface area contributed by atoms with Gasteiger partial charge in [-0.3, -0.25) is 0 Å². The molecule has 0 unspecified atom stereocenters. The van der Waals surface area contributed by atoms with Crippen molar-refractivity contribution in [3.63, 3.8) is 0 Å². The van der Waals surface area contributed by atoms with Gasteiger partial charge in [-0.15, -0.1) is 0 Å². The van der Waals surface area contributed by atoms with Crippen molar-refractivity contribution in [1.82, 2.24) is 9.97 Å². The third-order valence-corrected chi connectivity index (χ3v) is 2.40. The van der Waals surface area contributed by atoms with Gasteiger partial charge < -0.3 is 11.1 Å². The number of nitrogen functional groups attached to an aromatic ring is 1. The van der Waals surface area contributed by atoms with Gasteiger partial charge in [0, 0.05) is 12.2 Å². The van der Waals surface area contributed by atoms with Crippen LogP contribution in [0.25, 0.3) is 0 Å². The van der Waals surface area contributed by atoms with Crippen molar-refractivity contribution < 1.29 is 0 Å². The second kappa shape index (κ2) is 3.20. The van der Waals surface area contributed by atoms with Crippen molar-refractivity contribution in [2.75, 3.05) is 11.1 Å². The lowest BCUT2D eigenvalue weighted by molar-refractivity contribution is 0.308. The molecule has 2 rings (SSSR count). The van der Waals surface area contributed by atoms with E-state index in [-0.39, 0.29) is 0 Å². The van der Waals surface area contributed by atoms with Gasteiger partial charge >= 0.3 is 0 Å². The van der Waals surface area contributed by atoms with Crippen molar-refractivity contribution in [1.29, 1.82) is 0 Å². The summed E-state index contributed by atoms with van der Waals surface area (Å²) < 4.78 is 0. The van der Waals surface area contributed by atoms with Crippen molar-refractivity contribution >= 4 is 11.8 Å². The minimum Gasteiger partial charge on any atom is -0.368 e. The smallest absolute Gasteiger partial charge is 0.221 e. The van der Waals surface area contributed by atoms with E-state index in [9.17, 15) is 0 Å². The van der Waals surface area contributed by atoms with Gasteiger partial charge in [-0.05, 0) is 24.8 Å². The molecule has 0 aromatic carbocycles. The van der Waals surface area contributed by atoms with Crippen molar-refractivity contribution in [2.24, 2.45) is 5.92 Å². The number of aromatic nitrogens is 2. The first-order chi connectivity index (χ1) is 6.24. The van der Waals surface area contributed by atoms with E-state index in [0.29, 0.717) is 12.0 Å². The summed E-state index contributed by atoms with van der Waals surface area (Å²) in [7, 11) is 0. The lowest BCUT2D eigenvalue weighted by atomic mass is 9.82. The third-order valence-electron chi connectivity index (χ3n) is 2.40. The fraction of sp³-hybridized carbons (Fsp3) is 0.556. The minimum absolute atomic E-state index is 0.331. The molecule has 1 aliphatic rings. The van der Waals surface area contributed by atoms with Crippen LogP contribution in [-0.4, -0.2) is 16.0 Å². The van der Waals surface area contributed by atoms with E-state index in [1.807, 2.05) is 6.07 Å². The van der Waals surface area contributed by atoms with Crippen LogP contribution in [0.15, 0.2) is 12.3 Å². The third kappa shape index (κ3) is 1.88. The largest absolute Gasteiger partial charge is 0.368 e. The summed E-state index contributed by atoms with van der Waals surface area (Å²) in [6.07, 6.45) is 4.13. The second-order valence-corrected chi connectivity index (χ2v) is 3.72. The van der Waals surface area contributed by atoms with Crippen LogP contribution in [0.4, 0.5) is 11.8 Å². The molecular formula is C9H14N4. The normalized spacial score (nSPS) is 26.5. The lowest BCUT2D eigenvalue weighted by Crippen LogP contribution is -2.34. The van der Waals surface area contributed by atoms with Gasteiger partial charge in [0.2, 0.25) is 5.95 Å². The van der Waals surface area contributed by atoms with E-state index in [0.717, 1.165) is 11.7 Å². The maximum atomic E-state index is 5.46. The lowest BCUT2D eigenvalue weighted by Gasteiger charge is -2.33. The van der Waals surface area contributed by atoms with Gasteiger partial charge in [-0.2, -0.15) is 4.98 Å². The van der Waals surface area contributed by atoms with Gasteiger partial charge in [0.15, 0.2) is 0 Å². The zero-order chi connectivity index (χ0) is 9.26. The summed E-state index contributed by atoms with van der Waals surface area (Å²) in [5.74, 6) is 2.01. The molecule has 0 atom stereocenters. The highest BCUT2D eigenvalue weighted by molar-refractivity contribution is 5.38.